The molecule has 0 saturated carbocycles. The summed E-state index contributed by atoms with van der Waals surface area (Å²) in [6.07, 6.45) is 2.92. The quantitative estimate of drug-likeness (QED) is 0.255. The largest absolute Gasteiger partial charge is 0.479 e. The number of hydrogen-bond acceptors (Lipinski definition) is 6. The van der Waals surface area contributed by atoms with Gasteiger partial charge in [0.25, 0.3) is 0 Å². The second kappa shape index (κ2) is 7.75. The molecule has 0 atom stereocenters. The summed E-state index contributed by atoms with van der Waals surface area (Å²) in [5.41, 5.74) is -0.334. The van der Waals surface area contributed by atoms with Crippen LogP contribution < -0.4 is 4.74 Å². The normalized spacial score (nSPS) is 11.0. The first kappa shape index (κ1) is 17.6. The summed E-state index contributed by atoms with van der Waals surface area (Å²) in [7, 11) is 0. The van der Waals surface area contributed by atoms with Gasteiger partial charge in [-0.1, -0.05) is 6.07 Å². The molecule has 132 valence electrons. The predicted octanol–water partition coefficient (Wildman–Crippen LogP) is 4.86. The van der Waals surface area contributed by atoms with Crippen molar-refractivity contribution in [3.8, 4) is 5.75 Å². The Balaban J connectivity index is 1.65. The lowest BCUT2D eigenvalue weighted by molar-refractivity contribution is -0.386. The summed E-state index contributed by atoms with van der Waals surface area (Å²) in [5.74, 6) is -0.143. The third-order valence-corrected chi connectivity index (χ3v) is 4.22. The number of nitro groups is 1. The summed E-state index contributed by atoms with van der Waals surface area (Å²) < 4.78 is 24.0. The van der Waals surface area contributed by atoms with Gasteiger partial charge in [-0.3, -0.25) is 14.9 Å². The molecule has 0 amide bonds. The predicted molar refractivity (Wildman–Crippen MR) is 93.8 cm³/mol. The van der Waals surface area contributed by atoms with Gasteiger partial charge in [-0.25, -0.2) is 4.39 Å². The van der Waals surface area contributed by atoms with Gasteiger partial charge in [0, 0.05) is 12.1 Å². The SMILES string of the molecule is O=C(/C=C/c1ccc(COc2cc(F)ccc2[N+](=O)[O-])o1)c1cccs1. The van der Waals surface area contributed by atoms with Crippen molar-refractivity contribution in [3.05, 3.63) is 86.2 Å². The molecule has 3 rings (SSSR count). The summed E-state index contributed by atoms with van der Waals surface area (Å²) in [4.78, 5) is 22.8. The molecule has 26 heavy (non-hydrogen) atoms. The molecule has 0 saturated heterocycles. The summed E-state index contributed by atoms with van der Waals surface area (Å²) >= 11 is 1.34. The van der Waals surface area contributed by atoms with Crippen LogP contribution in [0.5, 0.6) is 5.75 Å². The Morgan fingerprint density at radius 1 is 1.31 bits per heavy atom. The number of furan rings is 1. The standard InChI is InChI=1S/C18H12FNO5S/c19-12-3-7-15(20(22)23)17(10-12)24-11-14-5-4-13(25-14)6-8-16(21)18-2-1-9-26-18/h1-10H,11H2/b8-6+. The smallest absolute Gasteiger partial charge is 0.311 e. The molecule has 8 heteroatoms. The fourth-order valence-electron chi connectivity index (χ4n) is 2.12. The number of carbonyl (C=O) groups is 1. The molecular weight excluding hydrogens is 361 g/mol. The van der Waals surface area contributed by atoms with Crippen LogP contribution in [-0.2, 0) is 6.61 Å². The Labute approximate surface area is 151 Å². The van der Waals surface area contributed by atoms with E-state index >= 15 is 0 Å². The Morgan fingerprint density at radius 2 is 2.15 bits per heavy atom. The van der Waals surface area contributed by atoms with Crippen molar-refractivity contribution in [2.24, 2.45) is 0 Å². The highest BCUT2D eigenvalue weighted by Crippen LogP contribution is 2.28. The third kappa shape index (κ3) is 4.22. The van der Waals surface area contributed by atoms with E-state index in [1.54, 1.807) is 24.3 Å². The fourth-order valence-corrected chi connectivity index (χ4v) is 2.77. The van der Waals surface area contributed by atoms with Gasteiger partial charge in [0.2, 0.25) is 0 Å². The molecule has 2 aromatic heterocycles. The van der Waals surface area contributed by atoms with E-state index in [1.165, 1.54) is 23.5 Å². The van der Waals surface area contributed by atoms with E-state index in [-0.39, 0.29) is 23.8 Å². The number of ketones is 1. The van der Waals surface area contributed by atoms with Crippen LogP contribution in [-0.4, -0.2) is 10.7 Å². The molecule has 0 aliphatic carbocycles. The summed E-state index contributed by atoms with van der Waals surface area (Å²) in [6.45, 7) is -0.114. The highest BCUT2D eigenvalue weighted by Gasteiger charge is 2.16. The van der Waals surface area contributed by atoms with Crippen molar-refractivity contribution in [2.75, 3.05) is 0 Å². The molecule has 0 fully saturated rings. The highest BCUT2D eigenvalue weighted by molar-refractivity contribution is 7.12. The van der Waals surface area contributed by atoms with E-state index in [1.807, 2.05) is 5.38 Å². The number of thiophene rings is 1. The monoisotopic (exact) mass is 373 g/mol. The van der Waals surface area contributed by atoms with Crippen LogP contribution in [0.1, 0.15) is 21.2 Å². The number of nitrogens with zero attached hydrogens (tertiary/aromatic N) is 1. The average molecular weight is 373 g/mol. The minimum atomic E-state index is -0.652. The molecule has 0 spiro atoms. The van der Waals surface area contributed by atoms with E-state index in [9.17, 15) is 19.3 Å². The summed E-state index contributed by atoms with van der Waals surface area (Å²) in [5, 5.41) is 12.7. The second-order valence-corrected chi connectivity index (χ2v) is 6.08. The molecule has 0 N–H and O–H groups in total. The number of rotatable bonds is 7. The van der Waals surface area contributed by atoms with E-state index < -0.39 is 10.7 Å². The average Bonchev–Trinajstić information content (AvgIpc) is 3.29. The van der Waals surface area contributed by atoms with Gasteiger partial charge in [-0.15, -0.1) is 11.3 Å². The maximum atomic E-state index is 13.3. The molecule has 0 unspecified atom stereocenters. The maximum Gasteiger partial charge on any atom is 0.311 e. The Morgan fingerprint density at radius 3 is 2.88 bits per heavy atom. The van der Waals surface area contributed by atoms with E-state index in [0.717, 1.165) is 18.2 Å². The number of allylic oxidation sites excluding steroid dienone is 1. The molecule has 3 aromatic rings. The van der Waals surface area contributed by atoms with Crippen molar-refractivity contribution < 1.29 is 23.3 Å². The first-order chi connectivity index (χ1) is 12.5. The molecule has 2 heterocycles. The molecule has 1 aromatic carbocycles. The Kier molecular flexibility index (Phi) is 5.23. The van der Waals surface area contributed by atoms with Gasteiger partial charge in [0.15, 0.2) is 11.5 Å². The lowest BCUT2D eigenvalue weighted by Crippen LogP contribution is -1.99. The summed E-state index contributed by atoms with van der Waals surface area (Å²) in [6, 6.07) is 9.74. The molecule has 0 aliphatic rings. The van der Waals surface area contributed by atoms with Gasteiger partial charge in [0.1, 0.15) is 23.9 Å². The maximum absolute atomic E-state index is 13.3. The lowest BCUT2D eigenvalue weighted by Gasteiger charge is -2.05. The molecule has 0 bridgehead atoms. The Hall–Kier alpha value is -3.26. The van der Waals surface area contributed by atoms with Gasteiger partial charge in [-0.2, -0.15) is 0 Å². The number of ether oxygens (including phenoxy) is 1. The van der Waals surface area contributed by atoms with Crippen LogP contribution in [0.2, 0.25) is 0 Å². The minimum Gasteiger partial charge on any atom is -0.479 e. The van der Waals surface area contributed by atoms with Crippen molar-refractivity contribution in [1.82, 2.24) is 0 Å². The van der Waals surface area contributed by atoms with E-state index in [4.69, 9.17) is 9.15 Å². The topological polar surface area (TPSA) is 82.6 Å². The van der Waals surface area contributed by atoms with Crippen LogP contribution >= 0.6 is 11.3 Å². The first-order valence-corrected chi connectivity index (χ1v) is 8.32. The van der Waals surface area contributed by atoms with Crippen LogP contribution in [0.4, 0.5) is 10.1 Å². The second-order valence-electron chi connectivity index (χ2n) is 5.14. The molecule has 0 aliphatic heterocycles. The molecular formula is C18H12FNO5S. The number of halogens is 1. The van der Waals surface area contributed by atoms with Crippen molar-refractivity contribution in [3.63, 3.8) is 0 Å². The zero-order valence-electron chi connectivity index (χ0n) is 13.3. The fraction of sp³-hybridized carbons (Fsp3) is 0.0556. The van der Waals surface area contributed by atoms with Crippen molar-refractivity contribution in [2.45, 2.75) is 6.61 Å². The highest BCUT2D eigenvalue weighted by atomic mass is 32.1. The van der Waals surface area contributed by atoms with Gasteiger partial charge >= 0.3 is 5.69 Å². The Bertz CT molecular complexity index is 962. The number of benzene rings is 1. The van der Waals surface area contributed by atoms with Crippen molar-refractivity contribution in [1.29, 1.82) is 0 Å². The minimum absolute atomic E-state index is 0.114. The van der Waals surface area contributed by atoms with E-state index in [0.29, 0.717) is 16.4 Å². The number of hydrogen-bond donors (Lipinski definition) is 0. The molecule has 6 nitrogen and oxygen atoms in total. The first-order valence-electron chi connectivity index (χ1n) is 7.44. The number of nitro benzene ring substituents is 1. The number of carbonyl (C=O) groups excluding carboxylic acids is 1. The van der Waals surface area contributed by atoms with Gasteiger partial charge in [0.05, 0.1) is 9.80 Å². The zero-order chi connectivity index (χ0) is 18.5. The van der Waals surface area contributed by atoms with Crippen LogP contribution in [0.3, 0.4) is 0 Å². The lowest BCUT2D eigenvalue weighted by atomic mass is 10.3. The van der Waals surface area contributed by atoms with Crippen LogP contribution in [0.25, 0.3) is 6.08 Å². The van der Waals surface area contributed by atoms with Crippen LogP contribution in [0.15, 0.2) is 58.3 Å². The van der Waals surface area contributed by atoms with Crippen LogP contribution in [0, 0.1) is 15.9 Å². The molecule has 0 radical (unpaired) electrons. The van der Waals surface area contributed by atoms with E-state index in [2.05, 4.69) is 0 Å². The van der Waals surface area contributed by atoms with Crippen molar-refractivity contribution >= 4 is 28.9 Å². The van der Waals surface area contributed by atoms with Gasteiger partial charge < -0.3 is 9.15 Å². The van der Waals surface area contributed by atoms with Gasteiger partial charge in [-0.05, 0) is 41.8 Å². The third-order valence-electron chi connectivity index (χ3n) is 3.33. The zero-order valence-corrected chi connectivity index (χ0v) is 14.1.